The van der Waals surface area contributed by atoms with Crippen LogP contribution in [0.2, 0.25) is 0 Å². The van der Waals surface area contributed by atoms with Crippen LogP contribution in [0.1, 0.15) is 124 Å². The van der Waals surface area contributed by atoms with Crippen molar-refractivity contribution in [2.24, 2.45) is 63.5 Å². The number of rotatable bonds is 21. The molecule has 7 heteroatoms. The molecule has 4 rings (SSSR count). The van der Waals surface area contributed by atoms with Gasteiger partial charge in [0, 0.05) is 38.4 Å². The highest BCUT2D eigenvalue weighted by molar-refractivity contribution is 5.15. The molecule has 45 heavy (non-hydrogen) atoms. The lowest BCUT2D eigenvalue weighted by Crippen LogP contribution is -2.63. The van der Waals surface area contributed by atoms with Crippen molar-refractivity contribution in [1.82, 2.24) is 0 Å². The molecular formula is C38H73N3O4. The number of ether oxygens (including phenoxy) is 4. The maximum atomic E-state index is 7.00. The monoisotopic (exact) mass is 636 g/mol. The summed E-state index contributed by atoms with van der Waals surface area (Å²) < 4.78 is 26.3. The molecule has 4 aliphatic carbocycles. The lowest BCUT2D eigenvalue weighted by Gasteiger charge is -2.65. The van der Waals surface area contributed by atoms with Crippen molar-refractivity contribution in [3.63, 3.8) is 0 Å². The second kappa shape index (κ2) is 18.5. The fourth-order valence-electron chi connectivity index (χ4n) is 10.9. The van der Waals surface area contributed by atoms with E-state index in [0.717, 1.165) is 71.6 Å². The number of fused-ring (bicyclic) bond motifs is 5. The molecule has 4 aliphatic rings. The summed E-state index contributed by atoms with van der Waals surface area (Å²) in [7, 11) is 0. The van der Waals surface area contributed by atoms with E-state index >= 15 is 0 Å². The fourth-order valence-corrected chi connectivity index (χ4v) is 10.9. The Morgan fingerprint density at radius 3 is 2.11 bits per heavy atom. The van der Waals surface area contributed by atoms with Crippen LogP contribution in [0.4, 0.5) is 0 Å². The number of hydrogen-bond acceptors (Lipinski definition) is 7. The van der Waals surface area contributed by atoms with Gasteiger partial charge in [-0.2, -0.15) is 0 Å². The lowest BCUT2D eigenvalue weighted by atomic mass is 9.43. The molecule has 264 valence electrons. The zero-order chi connectivity index (χ0) is 32.3. The van der Waals surface area contributed by atoms with Gasteiger partial charge in [-0.05, 0) is 144 Å². The smallest absolute Gasteiger partial charge is 0.0637 e. The predicted octanol–water partition coefficient (Wildman–Crippen LogP) is 6.69. The quantitative estimate of drug-likeness (QED) is 0.120. The zero-order valence-electron chi connectivity index (χ0n) is 29.8. The summed E-state index contributed by atoms with van der Waals surface area (Å²) in [5, 5.41) is 0. The first-order chi connectivity index (χ1) is 21.8. The predicted molar refractivity (Wildman–Crippen MR) is 185 cm³/mol. The SMILES string of the molecule is CCCCCOCCC[C@@H](C)C1CC[C@H]2C3C(OCCCN)CC4C[C@H](OCCCN)CC[C@]4(C)[C@H]3C[C@H](OCCCN)[C@]12C. The molecule has 0 radical (unpaired) electrons. The Morgan fingerprint density at radius 2 is 1.40 bits per heavy atom. The van der Waals surface area contributed by atoms with Crippen LogP contribution < -0.4 is 17.2 Å². The molecular weight excluding hydrogens is 562 g/mol. The normalized spacial score (nSPS) is 38.5. The van der Waals surface area contributed by atoms with Crippen LogP contribution >= 0.6 is 0 Å². The molecule has 0 amide bonds. The van der Waals surface area contributed by atoms with Crippen LogP contribution in [-0.2, 0) is 18.9 Å². The third-order valence-electron chi connectivity index (χ3n) is 13.3. The highest BCUT2D eigenvalue weighted by Crippen LogP contribution is 2.69. The molecule has 0 aliphatic heterocycles. The Balaban J connectivity index is 1.54. The molecule has 11 atom stereocenters. The van der Waals surface area contributed by atoms with E-state index < -0.39 is 0 Å². The molecule has 0 aromatic heterocycles. The Kier molecular flexibility index (Phi) is 15.4. The van der Waals surface area contributed by atoms with E-state index in [0.29, 0.717) is 72.8 Å². The minimum atomic E-state index is 0.165. The van der Waals surface area contributed by atoms with Gasteiger partial charge in [0.15, 0.2) is 0 Å². The van der Waals surface area contributed by atoms with E-state index in [2.05, 4.69) is 27.7 Å². The van der Waals surface area contributed by atoms with Crippen LogP contribution in [0.3, 0.4) is 0 Å². The minimum Gasteiger partial charge on any atom is -0.381 e. The molecule has 6 N–H and O–H groups in total. The van der Waals surface area contributed by atoms with E-state index in [4.69, 9.17) is 36.1 Å². The van der Waals surface area contributed by atoms with Crippen molar-refractivity contribution in [3.05, 3.63) is 0 Å². The van der Waals surface area contributed by atoms with Crippen molar-refractivity contribution < 1.29 is 18.9 Å². The Labute approximate surface area is 277 Å². The Bertz CT molecular complexity index is 833. The van der Waals surface area contributed by atoms with Gasteiger partial charge >= 0.3 is 0 Å². The summed E-state index contributed by atoms with van der Waals surface area (Å²) >= 11 is 0. The van der Waals surface area contributed by atoms with E-state index in [-0.39, 0.29) is 11.5 Å². The Hall–Kier alpha value is -0.280. The zero-order valence-corrected chi connectivity index (χ0v) is 29.8. The van der Waals surface area contributed by atoms with Crippen molar-refractivity contribution in [3.8, 4) is 0 Å². The average molecular weight is 636 g/mol. The van der Waals surface area contributed by atoms with Crippen LogP contribution in [0.25, 0.3) is 0 Å². The van der Waals surface area contributed by atoms with E-state index in [1.54, 1.807) is 0 Å². The van der Waals surface area contributed by atoms with Crippen LogP contribution in [-0.4, -0.2) is 71.0 Å². The molecule has 0 aromatic carbocycles. The fraction of sp³-hybridized carbons (Fsp3) is 1.00. The van der Waals surface area contributed by atoms with E-state index in [1.807, 2.05) is 0 Å². The Morgan fingerprint density at radius 1 is 0.711 bits per heavy atom. The van der Waals surface area contributed by atoms with Gasteiger partial charge < -0.3 is 36.1 Å². The average Bonchev–Trinajstić information content (AvgIpc) is 3.39. The number of hydrogen-bond donors (Lipinski definition) is 3. The summed E-state index contributed by atoms with van der Waals surface area (Å²) in [6.45, 7) is 16.3. The topological polar surface area (TPSA) is 115 Å². The molecule has 7 nitrogen and oxygen atoms in total. The first kappa shape index (κ1) is 37.5. The molecule has 0 bridgehead atoms. The van der Waals surface area contributed by atoms with Crippen molar-refractivity contribution >= 4 is 0 Å². The first-order valence-corrected chi connectivity index (χ1v) is 19.4. The van der Waals surface area contributed by atoms with Gasteiger partial charge in [-0.15, -0.1) is 0 Å². The largest absolute Gasteiger partial charge is 0.381 e. The maximum Gasteiger partial charge on any atom is 0.0637 e. The minimum absolute atomic E-state index is 0.165. The van der Waals surface area contributed by atoms with Crippen molar-refractivity contribution in [1.29, 1.82) is 0 Å². The standard InChI is InChI=1S/C38H73N3O4/c1-5-6-7-20-42-21-8-12-28(2)31-13-14-32-36-33(27-35(38(31,32)4)45-24-11-19-41)37(3)16-15-30(43-22-9-17-39)25-29(37)26-34(36)44-23-10-18-40/h28-36H,5-27,39-41H2,1-4H3/t28-,29?,30-,31?,32+,33+,34?,35+,36?,37+,38-/m1/s1. The van der Waals surface area contributed by atoms with Crippen LogP contribution in [0.15, 0.2) is 0 Å². The second-order valence-electron chi connectivity index (χ2n) is 15.9. The van der Waals surface area contributed by atoms with Gasteiger partial charge in [0.05, 0.1) is 18.3 Å². The maximum absolute atomic E-state index is 7.00. The first-order valence-electron chi connectivity index (χ1n) is 19.4. The van der Waals surface area contributed by atoms with Crippen molar-refractivity contribution in [2.75, 3.05) is 52.7 Å². The summed E-state index contributed by atoms with van der Waals surface area (Å²) in [6.07, 6.45) is 18.4. The van der Waals surface area contributed by atoms with Gasteiger partial charge in [-0.25, -0.2) is 0 Å². The summed E-state index contributed by atoms with van der Waals surface area (Å²) in [5.74, 6) is 3.82. The summed E-state index contributed by atoms with van der Waals surface area (Å²) in [6, 6.07) is 0. The molecule has 0 aromatic rings. The van der Waals surface area contributed by atoms with Gasteiger partial charge in [0.25, 0.3) is 0 Å². The van der Waals surface area contributed by atoms with Crippen LogP contribution in [0.5, 0.6) is 0 Å². The highest BCUT2D eigenvalue weighted by atomic mass is 16.5. The molecule has 0 heterocycles. The molecule has 4 fully saturated rings. The third kappa shape index (κ3) is 8.85. The van der Waals surface area contributed by atoms with Gasteiger partial charge in [-0.1, -0.05) is 40.5 Å². The van der Waals surface area contributed by atoms with E-state index in [9.17, 15) is 0 Å². The molecule has 4 unspecified atom stereocenters. The van der Waals surface area contributed by atoms with Gasteiger partial charge in [0.2, 0.25) is 0 Å². The van der Waals surface area contributed by atoms with Crippen molar-refractivity contribution in [2.45, 2.75) is 142 Å². The summed E-state index contributed by atoms with van der Waals surface area (Å²) in [5.41, 5.74) is 18.2. The molecule has 0 saturated heterocycles. The van der Waals surface area contributed by atoms with Gasteiger partial charge in [0.1, 0.15) is 0 Å². The van der Waals surface area contributed by atoms with E-state index in [1.165, 1.54) is 57.8 Å². The lowest BCUT2D eigenvalue weighted by molar-refractivity contribution is -0.227. The molecule has 4 saturated carbocycles. The summed E-state index contributed by atoms with van der Waals surface area (Å²) in [4.78, 5) is 0. The second-order valence-corrected chi connectivity index (χ2v) is 15.9. The molecule has 0 spiro atoms. The van der Waals surface area contributed by atoms with Crippen LogP contribution in [0, 0.1) is 46.3 Å². The number of unbranched alkanes of at least 4 members (excludes halogenated alkanes) is 2. The van der Waals surface area contributed by atoms with Gasteiger partial charge in [-0.3, -0.25) is 0 Å². The highest BCUT2D eigenvalue weighted by Gasteiger charge is 2.66. The number of nitrogens with two attached hydrogens (primary N) is 3. The third-order valence-corrected chi connectivity index (χ3v) is 13.3.